The van der Waals surface area contributed by atoms with Gasteiger partial charge in [-0.05, 0) is 75.1 Å². The first-order valence-corrected chi connectivity index (χ1v) is 18.8. The smallest absolute Gasteiger partial charge is 0.263 e. The fourth-order valence-electron chi connectivity index (χ4n) is 8.16. The highest BCUT2D eigenvalue weighted by molar-refractivity contribution is 6.01. The lowest BCUT2D eigenvalue weighted by Crippen LogP contribution is -2.58. The number of carbonyl (C=O) groups excluding carboxylic acids is 4. The second-order valence-corrected chi connectivity index (χ2v) is 14.7. The van der Waals surface area contributed by atoms with Crippen molar-refractivity contribution in [3.63, 3.8) is 0 Å². The van der Waals surface area contributed by atoms with Crippen molar-refractivity contribution in [1.29, 1.82) is 0 Å². The Labute approximate surface area is 312 Å². The summed E-state index contributed by atoms with van der Waals surface area (Å²) in [7, 11) is 0. The van der Waals surface area contributed by atoms with Gasteiger partial charge in [-0.2, -0.15) is 4.98 Å². The van der Waals surface area contributed by atoms with Crippen molar-refractivity contribution in [2.75, 3.05) is 59.7 Å². The molecule has 1 unspecified atom stereocenters. The number of amides is 3. The lowest BCUT2D eigenvalue weighted by atomic mass is 9.97. The zero-order valence-electron chi connectivity index (χ0n) is 30.5. The Morgan fingerprint density at radius 2 is 1.57 bits per heavy atom. The van der Waals surface area contributed by atoms with Gasteiger partial charge in [0.1, 0.15) is 17.5 Å². The highest BCUT2D eigenvalue weighted by atomic mass is 16.2. The molecule has 8 rings (SSSR count). The topological polar surface area (TPSA) is 175 Å². The van der Waals surface area contributed by atoms with Crippen LogP contribution in [0.5, 0.6) is 0 Å². The van der Waals surface area contributed by atoms with E-state index in [9.17, 15) is 24.0 Å². The molecule has 6 heterocycles. The van der Waals surface area contributed by atoms with E-state index in [-0.39, 0.29) is 46.6 Å². The Hall–Kier alpha value is -5.86. The molecule has 0 spiro atoms. The SMILES string of the molecule is CC(=O)c1c(C)c2cnc(Nc3ccc(N4CCN(C(=O)C5CN(c6ccc(NC7CCC(=O)NC7=O)cc6)C5)CC4)cn3)nc2n(C2CCCC2)c1=O. The summed E-state index contributed by atoms with van der Waals surface area (Å²) in [4.78, 5) is 83.1. The van der Waals surface area contributed by atoms with Gasteiger partial charge < -0.3 is 25.3 Å². The fourth-order valence-corrected chi connectivity index (χ4v) is 8.16. The monoisotopic (exact) mass is 732 g/mol. The van der Waals surface area contributed by atoms with Crippen LogP contribution in [-0.4, -0.2) is 93.2 Å². The summed E-state index contributed by atoms with van der Waals surface area (Å²) in [6.45, 7) is 7.20. The predicted molar refractivity (Wildman–Crippen MR) is 204 cm³/mol. The first-order chi connectivity index (χ1) is 26.1. The number of aromatic nitrogens is 4. The third kappa shape index (κ3) is 6.85. The average Bonchev–Trinajstić information content (AvgIpc) is 3.68. The van der Waals surface area contributed by atoms with Crippen LogP contribution in [0, 0.1) is 12.8 Å². The lowest BCUT2D eigenvalue weighted by Gasteiger charge is -2.44. The molecule has 280 valence electrons. The molecule has 3 amide bonds. The van der Waals surface area contributed by atoms with Gasteiger partial charge in [0.05, 0.1) is 23.4 Å². The molecule has 3 saturated heterocycles. The summed E-state index contributed by atoms with van der Waals surface area (Å²) in [6, 6.07) is 11.2. The Balaban J connectivity index is 0.842. The Bertz CT molecular complexity index is 2170. The van der Waals surface area contributed by atoms with Crippen LogP contribution < -0.4 is 31.3 Å². The quantitative estimate of drug-likeness (QED) is 0.169. The number of nitrogens with one attached hydrogen (secondary N) is 3. The van der Waals surface area contributed by atoms with E-state index < -0.39 is 6.04 Å². The van der Waals surface area contributed by atoms with Gasteiger partial charge >= 0.3 is 0 Å². The summed E-state index contributed by atoms with van der Waals surface area (Å²) in [5, 5.41) is 9.44. The van der Waals surface area contributed by atoms with Crippen LogP contribution in [0.3, 0.4) is 0 Å². The number of rotatable bonds is 9. The van der Waals surface area contributed by atoms with E-state index in [0.717, 1.165) is 42.7 Å². The first-order valence-electron chi connectivity index (χ1n) is 18.8. The van der Waals surface area contributed by atoms with Crippen LogP contribution in [0.1, 0.15) is 67.4 Å². The van der Waals surface area contributed by atoms with Crippen LogP contribution in [0.4, 0.5) is 28.8 Å². The molecular weight excluding hydrogens is 688 g/mol. The van der Waals surface area contributed by atoms with Gasteiger partial charge in [-0.15, -0.1) is 0 Å². The van der Waals surface area contributed by atoms with E-state index in [1.165, 1.54) is 6.92 Å². The van der Waals surface area contributed by atoms with Gasteiger partial charge in [0.25, 0.3) is 5.56 Å². The van der Waals surface area contributed by atoms with Crippen molar-refractivity contribution in [3.05, 3.63) is 70.3 Å². The third-order valence-corrected chi connectivity index (χ3v) is 11.2. The van der Waals surface area contributed by atoms with Gasteiger partial charge in [0, 0.05) is 74.7 Å². The minimum Gasteiger partial charge on any atom is -0.374 e. The largest absolute Gasteiger partial charge is 0.374 e. The Morgan fingerprint density at radius 1 is 0.852 bits per heavy atom. The van der Waals surface area contributed by atoms with Gasteiger partial charge in [0.15, 0.2) is 5.78 Å². The van der Waals surface area contributed by atoms with Crippen molar-refractivity contribution < 1.29 is 19.2 Å². The number of hydrogen-bond donors (Lipinski definition) is 3. The Morgan fingerprint density at radius 3 is 2.24 bits per heavy atom. The number of ketones is 1. The summed E-state index contributed by atoms with van der Waals surface area (Å²) >= 11 is 0. The van der Waals surface area contributed by atoms with Gasteiger partial charge in [-0.25, -0.2) is 9.97 Å². The fraction of sp³-hybridized carbons (Fsp3) is 0.436. The number of anilines is 5. The van der Waals surface area contributed by atoms with Crippen molar-refractivity contribution in [2.45, 2.75) is 64.5 Å². The van der Waals surface area contributed by atoms with Crippen LogP contribution in [0.2, 0.25) is 0 Å². The number of benzene rings is 1. The van der Waals surface area contributed by atoms with Gasteiger partial charge in [-0.3, -0.25) is 33.9 Å². The molecule has 4 aromatic rings. The number of piperidine rings is 1. The second-order valence-electron chi connectivity index (χ2n) is 14.7. The standard InChI is InChI=1S/C39H44N10O5/c1-23-30-20-41-39(45-35(30)49(28-5-3-4-6-28)38(54)34(23)24(2)50)43-32-13-11-29(19-40-32)46-15-17-47(18-16-46)37(53)25-21-48(22-25)27-9-7-26(8-10-27)42-31-12-14-33(51)44-36(31)52/h7-11,13,19-20,25,28,31,42H,3-6,12,14-18,21-22H2,1-2H3,(H,44,51,52)(H,40,41,43,45). The van der Waals surface area contributed by atoms with Crippen LogP contribution in [-0.2, 0) is 14.4 Å². The first kappa shape index (κ1) is 35.2. The molecule has 1 aliphatic carbocycles. The number of imide groups is 1. The average molecular weight is 733 g/mol. The third-order valence-electron chi connectivity index (χ3n) is 11.2. The number of nitrogens with zero attached hydrogens (tertiary/aromatic N) is 7. The predicted octanol–water partition coefficient (Wildman–Crippen LogP) is 3.56. The van der Waals surface area contributed by atoms with E-state index >= 15 is 0 Å². The van der Waals surface area contributed by atoms with Crippen molar-refractivity contribution in [3.8, 4) is 0 Å². The minimum atomic E-state index is -0.427. The maximum absolute atomic E-state index is 13.5. The van der Waals surface area contributed by atoms with Gasteiger partial charge in [0.2, 0.25) is 23.7 Å². The molecule has 1 atom stereocenters. The maximum Gasteiger partial charge on any atom is 0.263 e. The summed E-state index contributed by atoms with van der Waals surface area (Å²) < 4.78 is 1.70. The molecule has 0 bridgehead atoms. The molecule has 3 N–H and O–H groups in total. The van der Waals surface area contributed by atoms with Crippen molar-refractivity contribution in [2.24, 2.45) is 5.92 Å². The molecule has 1 aromatic carbocycles. The number of carbonyl (C=O) groups is 4. The molecular formula is C39H44N10O5. The molecule has 15 nitrogen and oxygen atoms in total. The number of pyridine rings is 2. The van der Waals surface area contributed by atoms with E-state index in [4.69, 9.17) is 4.98 Å². The van der Waals surface area contributed by atoms with Crippen LogP contribution in [0.25, 0.3) is 11.0 Å². The maximum atomic E-state index is 13.5. The summed E-state index contributed by atoms with van der Waals surface area (Å²) in [5.74, 6) is 0.237. The zero-order valence-corrected chi connectivity index (χ0v) is 30.5. The van der Waals surface area contributed by atoms with E-state index in [1.807, 2.05) is 41.3 Å². The minimum absolute atomic E-state index is 0.000312. The molecule has 15 heteroatoms. The van der Waals surface area contributed by atoms with E-state index in [2.05, 4.69) is 35.7 Å². The van der Waals surface area contributed by atoms with Crippen LogP contribution in [0.15, 0.2) is 53.6 Å². The number of hydrogen-bond acceptors (Lipinski definition) is 12. The molecule has 3 aliphatic heterocycles. The lowest BCUT2D eigenvalue weighted by molar-refractivity contribution is -0.137. The molecule has 1 saturated carbocycles. The highest BCUT2D eigenvalue weighted by Crippen LogP contribution is 2.33. The summed E-state index contributed by atoms with van der Waals surface area (Å²) in [5.41, 5.74) is 3.85. The highest BCUT2D eigenvalue weighted by Gasteiger charge is 2.37. The molecule has 54 heavy (non-hydrogen) atoms. The van der Waals surface area contributed by atoms with Gasteiger partial charge in [-0.1, -0.05) is 12.8 Å². The number of fused-ring (bicyclic) bond motifs is 1. The number of piperazine rings is 1. The molecule has 4 fully saturated rings. The van der Waals surface area contributed by atoms with Crippen molar-refractivity contribution >= 4 is 63.4 Å². The van der Waals surface area contributed by atoms with E-state index in [0.29, 0.717) is 80.5 Å². The molecule has 0 radical (unpaired) electrons. The number of aryl methyl sites for hydroxylation is 1. The van der Waals surface area contributed by atoms with Crippen LogP contribution >= 0.6 is 0 Å². The van der Waals surface area contributed by atoms with E-state index in [1.54, 1.807) is 23.9 Å². The second kappa shape index (κ2) is 14.5. The summed E-state index contributed by atoms with van der Waals surface area (Å²) in [6.07, 6.45) is 8.09. The molecule has 4 aliphatic rings. The Kier molecular flexibility index (Phi) is 9.46. The normalized spacial score (nSPS) is 19.5. The zero-order chi connectivity index (χ0) is 37.5. The number of Topliss-reactive ketones (excluding diaryl/α,β-unsaturated/α-hetero) is 1. The van der Waals surface area contributed by atoms with Crippen molar-refractivity contribution in [1.82, 2.24) is 29.7 Å². The molecule has 3 aromatic heterocycles.